The van der Waals surface area contributed by atoms with Crippen molar-refractivity contribution in [1.29, 1.82) is 0 Å². The van der Waals surface area contributed by atoms with E-state index in [1.54, 1.807) is 0 Å². The normalized spacial score (nSPS) is 10.2. The van der Waals surface area contributed by atoms with Gasteiger partial charge in [-0.3, -0.25) is 4.79 Å². The fraction of sp³-hybridized carbons (Fsp3) is 0.444. The molecule has 13 heavy (non-hydrogen) atoms. The summed E-state index contributed by atoms with van der Waals surface area (Å²) in [5, 5.41) is 11.5. The molecular weight excluding hydrogens is 168 g/mol. The van der Waals surface area contributed by atoms with Crippen LogP contribution >= 0.6 is 0 Å². The van der Waals surface area contributed by atoms with Crippen molar-refractivity contribution in [3.63, 3.8) is 0 Å². The lowest BCUT2D eigenvalue weighted by atomic mass is 10.3. The Morgan fingerprint density at radius 2 is 2.46 bits per heavy atom. The molecule has 0 radical (unpaired) electrons. The van der Waals surface area contributed by atoms with E-state index in [2.05, 4.69) is 10.3 Å². The van der Waals surface area contributed by atoms with E-state index in [1.165, 1.54) is 5.56 Å². The summed E-state index contributed by atoms with van der Waals surface area (Å²) in [4.78, 5) is 13.1. The quantitative estimate of drug-likeness (QED) is 0.574. The number of rotatable bonds is 6. The Morgan fingerprint density at radius 1 is 1.62 bits per heavy atom. The number of H-pyrrole nitrogens is 1. The number of aromatic nitrogens is 1. The summed E-state index contributed by atoms with van der Waals surface area (Å²) in [6.45, 7) is 1.54. The second-order valence-corrected chi connectivity index (χ2v) is 2.89. The van der Waals surface area contributed by atoms with Crippen LogP contribution in [-0.2, 0) is 11.3 Å². The Balaban J connectivity index is 1.99. The lowest BCUT2D eigenvalue weighted by molar-refractivity contribution is -0.137. The Bertz CT molecular complexity index is 244. The van der Waals surface area contributed by atoms with Crippen molar-refractivity contribution in [2.24, 2.45) is 0 Å². The summed E-state index contributed by atoms with van der Waals surface area (Å²) in [6, 6.07) is 1.99. The highest BCUT2D eigenvalue weighted by molar-refractivity contribution is 5.66. The molecule has 3 N–H and O–H groups in total. The van der Waals surface area contributed by atoms with Gasteiger partial charge in [-0.05, 0) is 24.6 Å². The van der Waals surface area contributed by atoms with Crippen LogP contribution in [-0.4, -0.2) is 22.6 Å². The van der Waals surface area contributed by atoms with Crippen LogP contribution in [0.3, 0.4) is 0 Å². The van der Waals surface area contributed by atoms with Crippen LogP contribution < -0.4 is 5.32 Å². The zero-order valence-corrected chi connectivity index (χ0v) is 7.42. The van der Waals surface area contributed by atoms with Crippen molar-refractivity contribution < 1.29 is 9.90 Å². The van der Waals surface area contributed by atoms with Crippen molar-refractivity contribution in [3.05, 3.63) is 24.0 Å². The highest BCUT2D eigenvalue weighted by atomic mass is 16.4. The third-order valence-electron chi connectivity index (χ3n) is 1.74. The van der Waals surface area contributed by atoms with E-state index >= 15 is 0 Å². The molecule has 0 aliphatic carbocycles. The smallest absolute Gasteiger partial charge is 0.303 e. The summed E-state index contributed by atoms with van der Waals surface area (Å²) in [7, 11) is 0. The van der Waals surface area contributed by atoms with E-state index in [1.807, 2.05) is 18.5 Å². The molecular formula is C9H14N2O2. The fourth-order valence-corrected chi connectivity index (χ4v) is 1.07. The van der Waals surface area contributed by atoms with Gasteiger partial charge in [0.15, 0.2) is 0 Å². The number of nitrogens with one attached hydrogen (secondary N) is 2. The number of carbonyl (C=O) groups is 1. The van der Waals surface area contributed by atoms with E-state index in [4.69, 9.17) is 5.11 Å². The predicted octanol–water partition coefficient (Wildman–Crippen LogP) is 0.969. The predicted molar refractivity (Wildman–Crippen MR) is 49.4 cm³/mol. The Labute approximate surface area is 77.0 Å². The monoisotopic (exact) mass is 182 g/mol. The number of hydrogen-bond acceptors (Lipinski definition) is 2. The highest BCUT2D eigenvalue weighted by Gasteiger charge is 1.96. The molecule has 0 aliphatic rings. The summed E-state index contributed by atoms with van der Waals surface area (Å²) >= 11 is 0. The third-order valence-corrected chi connectivity index (χ3v) is 1.74. The van der Waals surface area contributed by atoms with E-state index in [0.29, 0.717) is 6.42 Å². The van der Waals surface area contributed by atoms with Gasteiger partial charge in [0.2, 0.25) is 0 Å². The number of carboxylic acid groups (broad SMARTS) is 1. The number of aromatic amines is 1. The molecule has 4 heteroatoms. The summed E-state index contributed by atoms with van der Waals surface area (Å²) in [5.41, 5.74) is 1.19. The molecule has 0 atom stereocenters. The molecule has 0 unspecified atom stereocenters. The van der Waals surface area contributed by atoms with Gasteiger partial charge in [0.05, 0.1) is 0 Å². The molecule has 0 bridgehead atoms. The van der Waals surface area contributed by atoms with Gasteiger partial charge in [0.25, 0.3) is 0 Å². The van der Waals surface area contributed by atoms with Crippen LogP contribution in [0.25, 0.3) is 0 Å². The summed E-state index contributed by atoms with van der Waals surface area (Å²) in [5.74, 6) is -0.733. The molecule has 1 aromatic rings. The second kappa shape index (κ2) is 5.37. The van der Waals surface area contributed by atoms with Gasteiger partial charge in [0.1, 0.15) is 0 Å². The second-order valence-electron chi connectivity index (χ2n) is 2.89. The molecule has 0 aliphatic heterocycles. The molecule has 0 saturated heterocycles. The lowest BCUT2D eigenvalue weighted by Crippen LogP contribution is -2.15. The first-order valence-corrected chi connectivity index (χ1v) is 4.33. The maximum Gasteiger partial charge on any atom is 0.303 e. The SMILES string of the molecule is O=C(O)CCCNCc1cc[nH]c1. The first-order chi connectivity index (χ1) is 6.29. The van der Waals surface area contributed by atoms with E-state index in [9.17, 15) is 4.79 Å². The maximum atomic E-state index is 10.2. The molecule has 72 valence electrons. The Morgan fingerprint density at radius 3 is 3.08 bits per heavy atom. The molecule has 0 fully saturated rings. The molecule has 1 rings (SSSR count). The van der Waals surface area contributed by atoms with Crippen LogP contribution in [0.5, 0.6) is 0 Å². The van der Waals surface area contributed by atoms with E-state index in [0.717, 1.165) is 13.1 Å². The number of carboxylic acids is 1. The van der Waals surface area contributed by atoms with Gasteiger partial charge < -0.3 is 15.4 Å². The zero-order chi connectivity index (χ0) is 9.52. The Hall–Kier alpha value is -1.29. The largest absolute Gasteiger partial charge is 0.481 e. The van der Waals surface area contributed by atoms with Crippen LogP contribution in [0, 0.1) is 0 Å². The van der Waals surface area contributed by atoms with Gasteiger partial charge >= 0.3 is 5.97 Å². The molecule has 4 nitrogen and oxygen atoms in total. The Kier molecular flexibility index (Phi) is 4.05. The van der Waals surface area contributed by atoms with E-state index in [-0.39, 0.29) is 6.42 Å². The average Bonchev–Trinajstić information content (AvgIpc) is 2.55. The van der Waals surface area contributed by atoms with Crippen molar-refractivity contribution in [2.45, 2.75) is 19.4 Å². The topological polar surface area (TPSA) is 65.1 Å². The minimum atomic E-state index is -0.733. The first-order valence-electron chi connectivity index (χ1n) is 4.33. The van der Waals surface area contributed by atoms with Gasteiger partial charge in [-0.15, -0.1) is 0 Å². The molecule has 0 aromatic carbocycles. The van der Waals surface area contributed by atoms with Gasteiger partial charge in [0, 0.05) is 25.4 Å². The molecule has 1 heterocycles. The van der Waals surface area contributed by atoms with Crippen LogP contribution in [0.15, 0.2) is 18.5 Å². The van der Waals surface area contributed by atoms with Crippen molar-refractivity contribution >= 4 is 5.97 Å². The summed E-state index contributed by atoms with van der Waals surface area (Å²) < 4.78 is 0. The molecule has 0 saturated carbocycles. The molecule has 0 amide bonds. The molecule has 1 aromatic heterocycles. The summed E-state index contributed by atoms with van der Waals surface area (Å²) in [6.07, 6.45) is 4.71. The minimum Gasteiger partial charge on any atom is -0.481 e. The first kappa shape index (κ1) is 9.80. The van der Waals surface area contributed by atoms with Gasteiger partial charge in [-0.1, -0.05) is 0 Å². The number of aliphatic carboxylic acids is 1. The minimum absolute atomic E-state index is 0.236. The van der Waals surface area contributed by atoms with Crippen molar-refractivity contribution in [2.75, 3.05) is 6.54 Å². The van der Waals surface area contributed by atoms with Crippen molar-refractivity contribution in [1.82, 2.24) is 10.3 Å². The average molecular weight is 182 g/mol. The highest BCUT2D eigenvalue weighted by Crippen LogP contribution is 1.95. The third kappa shape index (κ3) is 4.32. The van der Waals surface area contributed by atoms with Crippen LogP contribution in [0.4, 0.5) is 0 Å². The van der Waals surface area contributed by atoms with Crippen LogP contribution in [0.2, 0.25) is 0 Å². The standard InChI is InChI=1S/C9H14N2O2/c12-9(13)2-1-4-10-6-8-3-5-11-7-8/h3,5,7,10-11H,1-2,4,6H2,(H,12,13). The maximum absolute atomic E-state index is 10.2. The lowest BCUT2D eigenvalue weighted by Gasteiger charge is -2.00. The fourth-order valence-electron chi connectivity index (χ4n) is 1.07. The number of hydrogen-bond donors (Lipinski definition) is 3. The zero-order valence-electron chi connectivity index (χ0n) is 7.42. The van der Waals surface area contributed by atoms with E-state index < -0.39 is 5.97 Å². The van der Waals surface area contributed by atoms with Gasteiger partial charge in [-0.25, -0.2) is 0 Å². The van der Waals surface area contributed by atoms with Crippen molar-refractivity contribution in [3.8, 4) is 0 Å². The molecule has 0 spiro atoms. The van der Waals surface area contributed by atoms with Gasteiger partial charge in [-0.2, -0.15) is 0 Å². The van der Waals surface area contributed by atoms with Crippen LogP contribution in [0.1, 0.15) is 18.4 Å².